The van der Waals surface area contributed by atoms with Gasteiger partial charge in [0.15, 0.2) is 0 Å². The van der Waals surface area contributed by atoms with Crippen molar-refractivity contribution in [3.05, 3.63) is 71.8 Å². The van der Waals surface area contributed by atoms with Crippen molar-refractivity contribution in [2.75, 3.05) is 6.61 Å². The van der Waals surface area contributed by atoms with Crippen LogP contribution in [0.5, 0.6) is 0 Å². The Morgan fingerprint density at radius 1 is 0.837 bits per heavy atom. The van der Waals surface area contributed by atoms with E-state index in [1.807, 2.05) is 20.8 Å². The third kappa shape index (κ3) is 5.10. The van der Waals surface area contributed by atoms with E-state index in [0.717, 1.165) is 0 Å². The number of esters is 4. The highest BCUT2D eigenvalue weighted by molar-refractivity contribution is 5.90. The molecule has 2 bridgehead atoms. The van der Waals surface area contributed by atoms with Gasteiger partial charge in [-0.2, -0.15) is 0 Å². The molecule has 2 saturated carbocycles. The summed E-state index contributed by atoms with van der Waals surface area (Å²) >= 11 is 0. The van der Waals surface area contributed by atoms with E-state index in [0.29, 0.717) is 11.1 Å². The Kier molecular flexibility index (Phi) is 8.13. The number of carbonyl (C=O) groups excluding carboxylic acids is 4. The summed E-state index contributed by atoms with van der Waals surface area (Å²) in [4.78, 5) is 51.5. The molecule has 1 heterocycles. The minimum absolute atomic E-state index is 0.121. The number of aliphatic hydroxyl groups is 1. The molecule has 0 amide bonds. The predicted molar refractivity (Wildman–Crippen MR) is 152 cm³/mol. The van der Waals surface area contributed by atoms with Gasteiger partial charge in [-0.25, -0.2) is 9.59 Å². The lowest BCUT2D eigenvalue weighted by Gasteiger charge is -2.63. The summed E-state index contributed by atoms with van der Waals surface area (Å²) in [6.45, 7) is 7.67. The van der Waals surface area contributed by atoms with Crippen molar-refractivity contribution in [1.82, 2.24) is 0 Å². The molecular formula is C33H38O10. The zero-order valence-electron chi connectivity index (χ0n) is 25.0. The second-order valence-electron chi connectivity index (χ2n) is 12.3. The average Bonchev–Trinajstić information content (AvgIpc) is 3.13. The highest BCUT2D eigenvalue weighted by atomic mass is 16.6. The van der Waals surface area contributed by atoms with Gasteiger partial charge in [-0.3, -0.25) is 9.59 Å². The zero-order valence-corrected chi connectivity index (χ0v) is 25.0. The number of hydrogen-bond donors (Lipinski definition) is 1. The molecule has 0 unspecified atom stereocenters. The van der Waals surface area contributed by atoms with Crippen LogP contribution < -0.4 is 0 Å². The van der Waals surface area contributed by atoms with Crippen LogP contribution in [0.2, 0.25) is 0 Å². The zero-order chi connectivity index (χ0) is 31.2. The maximum absolute atomic E-state index is 13.5. The molecule has 10 nitrogen and oxygen atoms in total. The largest absolute Gasteiger partial charge is 0.465 e. The highest BCUT2D eigenvalue weighted by Gasteiger charge is 2.81. The van der Waals surface area contributed by atoms with Crippen molar-refractivity contribution in [2.45, 2.75) is 83.1 Å². The number of fused-ring (bicyclic) bond motifs is 1. The Hall–Kier alpha value is -3.76. The molecule has 2 aromatic carbocycles. The van der Waals surface area contributed by atoms with Crippen LogP contribution in [0.3, 0.4) is 0 Å². The number of aliphatic hydroxyl groups excluding tert-OH is 1. The predicted octanol–water partition coefficient (Wildman–Crippen LogP) is 3.89. The van der Waals surface area contributed by atoms with Gasteiger partial charge >= 0.3 is 23.9 Å². The Labute approximate surface area is 250 Å². The van der Waals surface area contributed by atoms with Crippen LogP contribution in [-0.4, -0.2) is 71.2 Å². The van der Waals surface area contributed by atoms with Crippen molar-refractivity contribution in [3.63, 3.8) is 0 Å². The van der Waals surface area contributed by atoms with Gasteiger partial charge in [0.1, 0.15) is 42.0 Å². The van der Waals surface area contributed by atoms with Crippen LogP contribution >= 0.6 is 0 Å². The van der Waals surface area contributed by atoms with Gasteiger partial charge in [0.25, 0.3) is 0 Å². The Bertz CT molecular complexity index is 1370. The van der Waals surface area contributed by atoms with Crippen molar-refractivity contribution >= 4 is 23.9 Å². The maximum atomic E-state index is 13.5. The highest BCUT2D eigenvalue weighted by Crippen LogP contribution is 2.67. The summed E-state index contributed by atoms with van der Waals surface area (Å²) in [6.07, 6.45) is -4.33. The maximum Gasteiger partial charge on any atom is 0.338 e. The molecule has 43 heavy (non-hydrogen) atoms. The summed E-state index contributed by atoms with van der Waals surface area (Å²) in [5.41, 5.74) is -3.47. The lowest BCUT2D eigenvalue weighted by Crippen LogP contribution is -2.78. The van der Waals surface area contributed by atoms with Crippen LogP contribution in [0.15, 0.2) is 60.7 Å². The standard InChI is InChI=1S/C33H38O10/c1-19-16-25(41-29(37)22-12-8-6-9-13-22)27(36)32(18-39-20(2)34)26(42-30(38)23-14-10-7-11-15-23)17-24-28(40-21(3)35)33(19,32)43-31(24,4)5/h6-15,19,24-28,36H,16-18H2,1-5H3/t19-,24+,25-,26-,27-,28+,32+,33+/m0/s1. The van der Waals surface area contributed by atoms with Gasteiger partial charge in [0.2, 0.25) is 0 Å². The molecule has 10 heteroatoms. The summed E-state index contributed by atoms with van der Waals surface area (Å²) in [5.74, 6) is -3.43. The molecule has 3 fully saturated rings. The van der Waals surface area contributed by atoms with Crippen LogP contribution in [0, 0.1) is 17.3 Å². The quantitative estimate of drug-likeness (QED) is 0.372. The Morgan fingerprint density at radius 3 is 1.93 bits per heavy atom. The fourth-order valence-electron chi connectivity index (χ4n) is 7.62. The van der Waals surface area contributed by atoms with Crippen LogP contribution in [0.4, 0.5) is 0 Å². The molecule has 2 aliphatic carbocycles. The number of rotatable bonds is 7. The molecule has 1 aliphatic heterocycles. The summed E-state index contributed by atoms with van der Waals surface area (Å²) in [5, 5.41) is 12.4. The molecule has 3 aliphatic rings. The van der Waals surface area contributed by atoms with Crippen molar-refractivity contribution in [1.29, 1.82) is 0 Å². The SMILES string of the molecule is CC(=O)OC[C@]12[C@@H](OC(=O)c3ccccc3)C[C@@H]3[C@@H](OC(C)=O)[C@]1(OC3(C)C)[C@@H](C)C[C@H](OC(=O)c1ccccc1)[C@@H]2O. The van der Waals surface area contributed by atoms with E-state index in [1.165, 1.54) is 13.8 Å². The molecule has 1 N–H and O–H groups in total. The second kappa shape index (κ2) is 11.4. The lowest BCUT2D eigenvalue weighted by molar-refractivity contribution is -0.316. The van der Waals surface area contributed by atoms with Gasteiger partial charge in [-0.1, -0.05) is 43.3 Å². The topological polar surface area (TPSA) is 135 Å². The minimum atomic E-state index is -1.69. The van der Waals surface area contributed by atoms with Gasteiger partial charge in [-0.05, 0) is 56.9 Å². The first-order chi connectivity index (χ1) is 20.3. The summed E-state index contributed by atoms with van der Waals surface area (Å²) < 4.78 is 30.6. The average molecular weight is 595 g/mol. The van der Waals surface area contributed by atoms with Gasteiger partial charge < -0.3 is 28.8 Å². The fraction of sp³-hybridized carbons (Fsp3) is 0.515. The first kappa shape index (κ1) is 30.7. The van der Waals surface area contributed by atoms with E-state index < -0.39 is 83.4 Å². The third-order valence-electron chi connectivity index (χ3n) is 9.41. The summed E-state index contributed by atoms with van der Waals surface area (Å²) in [6, 6.07) is 16.8. The molecule has 2 aromatic rings. The molecule has 1 spiro atoms. The number of ether oxygens (including phenoxy) is 5. The minimum Gasteiger partial charge on any atom is -0.465 e. The van der Waals surface area contributed by atoms with Crippen molar-refractivity contribution in [2.24, 2.45) is 17.3 Å². The van der Waals surface area contributed by atoms with E-state index >= 15 is 0 Å². The number of benzene rings is 2. The summed E-state index contributed by atoms with van der Waals surface area (Å²) in [7, 11) is 0. The monoisotopic (exact) mass is 594 g/mol. The van der Waals surface area contributed by atoms with E-state index in [-0.39, 0.29) is 12.8 Å². The molecule has 0 radical (unpaired) electrons. The molecular weight excluding hydrogens is 556 g/mol. The number of hydrogen-bond acceptors (Lipinski definition) is 10. The van der Waals surface area contributed by atoms with Crippen molar-refractivity contribution in [3.8, 4) is 0 Å². The first-order valence-corrected chi connectivity index (χ1v) is 14.5. The van der Waals surface area contributed by atoms with E-state index in [4.69, 9.17) is 23.7 Å². The molecule has 5 rings (SSSR count). The van der Waals surface area contributed by atoms with Crippen molar-refractivity contribution < 1.29 is 48.0 Å². The van der Waals surface area contributed by atoms with Gasteiger partial charge in [0.05, 0.1) is 16.7 Å². The molecule has 0 aromatic heterocycles. The molecule has 1 saturated heterocycles. The fourth-order valence-corrected chi connectivity index (χ4v) is 7.62. The molecule has 8 atom stereocenters. The molecule has 230 valence electrons. The van der Waals surface area contributed by atoms with Crippen LogP contribution in [0.1, 0.15) is 68.2 Å². The van der Waals surface area contributed by atoms with E-state index in [9.17, 15) is 24.3 Å². The number of carbonyl (C=O) groups is 4. The van der Waals surface area contributed by atoms with Gasteiger partial charge in [-0.15, -0.1) is 0 Å². The Morgan fingerprint density at radius 2 is 1.40 bits per heavy atom. The normalized spacial score (nSPS) is 33.9. The lowest BCUT2D eigenvalue weighted by atomic mass is 9.48. The first-order valence-electron chi connectivity index (χ1n) is 14.5. The van der Waals surface area contributed by atoms with E-state index in [2.05, 4.69) is 0 Å². The third-order valence-corrected chi connectivity index (χ3v) is 9.41. The van der Waals surface area contributed by atoms with E-state index in [1.54, 1.807) is 60.7 Å². The van der Waals surface area contributed by atoms with Gasteiger partial charge in [0, 0.05) is 19.8 Å². The second-order valence-corrected chi connectivity index (χ2v) is 12.3. The Balaban J connectivity index is 1.66. The smallest absolute Gasteiger partial charge is 0.338 e. The van der Waals surface area contributed by atoms with Crippen LogP contribution in [0.25, 0.3) is 0 Å². The van der Waals surface area contributed by atoms with Crippen LogP contribution in [-0.2, 0) is 33.3 Å².